The highest BCUT2D eigenvalue weighted by atomic mass is 28.4. The molecule has 0 radical (unpaired) electrons. The fraction of sp³-hybridized carbons (Fsp3) is 0.833. The van der Waals surface area contributed by atoms with Crippen molar-refractivity contribution in [3.63, 3.8) is 0 Å². The first-order chi connectivity index (χ1) is 6.24. The van der Waals surface area contributed by atoms with Crippen LogP contribution < -0.4 is 0 Å². The predicted molar refractivity (Wildman–Crippen MR) is 67.2 cm³/mol. The van der Waals surface area contributed by atoms with Crippen molar-refractivity contribution in [3.05, 3.63) is 12.7 Å². The van der Waals surface area contributed by atoms with Crippen LogP contribution in [0.25, 0.3) is 0 Å². The standard InChI is InChI=1S/C12H26OSi/c1-8-10-11(9-2)13-14(6,7)12(3,4)5/h9,11H,2,8,10H2,1,3-7H3/t11-/m1/s1. The van der Waals surface area contributed by atoms with Gasteiger partial charge in [0, 0.05) is 0 Å². The molecule has 0 N–H and O–H groups in total. The lowest BCUT2D eigenvalue weighted by Gasteiger charge is -2.38. The third-order valence-corrected chi connectivity index (χ3v) is 7.59. The van der Waals surface area contributed by atoms with Crippen LogP contribution >= 0.6 is 0 Å². The first-order valence-electron chi connectivity index (χ1n) is 5.55. The summed E-state index contributed by atoms with van der Waals surface area (Å²) >= 11 is 0. The predicted octanol–water partition coefficient (Wildman–Crippen LogP) is 4.36. The molecule has 1 atom stereocenters. The Balaban J connectivity index is 4.39. The molecular formula is C12H26OSi. The van der Waals surface area contributed by atoms with Gasteiger partial charge in [-0.15, -0.1) is 6.58 Å². The van der Waals surface area contributed by atoms with Crippen molar-refractivity contribution in [2.45, 2.75) is 64.8 Å². The van der Waals surface area contributed by atoms with Crippen LogP contribution in [0, 0.1) is 0 Å². The number of rotatable bonds is 5. The molecule has 0 aliphatic carbocycles. The maximum Gasteiger partial charge on any atom is 0.192 e. The van der Waals surface area contributed by atoms with Crippen LogP contribution in [-0.2, 0) is 4.43 Å². The summed E-state index contributed by atoms with van der Waals surface area (Å²) < 4.78 is 6.21. The van der Waals surface area contributed by atoms with Crippen molar-refractivity contribution in [3.8, 4) is 0 Å². The monoisotopic (exact) mass is 214 g/mol. The minimum Gasteiger partial charge on any atom is -0.411 e. The molecule has 0 aromatic carbocycles. The summed E-state index contributed by atoms with van der Waals surface area (Å²) in [5, 5.41) is 0.294. The van der Waals surface area contributed by atoms with Crippen LogP contribution in [0.5, 0.6) is 0 Å². The molecule has 0 heterocycles. The third kappa shape index (κ3) is 3.97. The average molecular weight is 214 g/mol. The molecule has 0 aliphatic heterocycles. The molecule has 0 unspecified atom stereocenters. The molecule has 2 heteroatoms. The maximum atomic E-state index is 6.21. The molecule has 0 rings (SSSR count). The minimum atomic E-state index is -1.60. The highest BCUT2D eigenvalue weighted by Gasteiger charge is 2.38. The summed E-state index contributed by atoms with van der Waals surface area (Å²) in [6, 6.07) is 0. The van der Waals surface area contributed by atoms with Crippen molar-refractivity contribution in [2.24, 2.45) is 0 Å². The highest BCUT2D eigenvalue weighted by Crippen LogP contribution is 2.37. The van der Waals surface area contributed by atoms with E-state index in [-0.39, 0.29) is 6.10 Å². The van der Waals surface area contributed by atoms with Crippen LogP contribution in [-0.4, -0.2) is 14.4 Å². The molecule has 84 valence electrons. The zero-order valence-corrected chi connectivity index (χ0v) is 11.7. The molecule has 0 saturated heterocycles. The minimum absolute atomic E-state index is 0.251. The quantitative estimate of drug-likeness (QED) is 0.488. The first kappa shape index (κ1) is 13.9. The lowest BCUT2D eigenvalue weighted by Crippen LogP contribution is -2.43. The molecule has 0 spiro atoms. The van der Waals surface area contributed by atoms with E-state index in [1.807, 2.05) is 6.08 Å². The van der Waals surface area contributed by atoms with Gasteiger partial charge < -0.3 is 4.43 Å². The summed E-state index contributed by atoms with van der Waals surface area (Å²) in [5.41, 5.74) is 0. The molecule has 1 nitrogen and oxygen atoms in total. The molecule has 0 amide bonds. The van der Waals surface area contributed by atoms with Gasteiger partial charge in [-0.1, -0.05) is 40.2 Å². The molecule has 14 heavy (non-hydrogen) atoms. The first-order valence-corrected chi connectivity index (χ1v) is 8.46. The van der Waals surface area contributed by atoms with E-state index >= 15 is 0 Å². The number of hydrogen-bond donors (Lipinski definition) is 0. The molecule has 0 aromatic rings. The van der Waals surface area contributed by atoms with Crippen molar-refractivity contribution in [1.29, 1.82) is 0 Å². The van der Waals surface area contributed by atoms with E-state index in [0.29, 0.717) is 5.04 Å². The Morgan fingerprint density at radius 2 is 1.86 bits per heavy atom. The van der Waals surface area contributed by atoms with Gasteiger partial charge >= 0.3 is 0 Å². The fourth-order valence-electron chi connectivity index (χ4n) is 1.06. The molecular weight excluding hydrogens is 188 g/mol. The van der Waals surface area contributed by atoms with E-state index in [0.717, 1.165) is 12.8 Å². The van der Waals surface area contributed by atoms with Crippen LogP contribution in [0.2, 0.25) is 18.1 Å². The Hall–Kier alpha value is -0.0831. The van der Waals surface area contributed by atoms with Crippen molar-refractivity contribution in [1.82, 2.24) is 0 Å². The topological polar surface area (TPSA) is 9.23 Å². The summed E-state index contributed by atoms with van der Waals surface area (Å²) in [5.74, 6) is 0. The largest absolute Gasteiger partial charge is 0.411 e. The Morgan fingerprint density at radius 1 is 1.36 bits per heavy atom. The highest BCUT2D eigenvalue weighted by molar-refractivity contribution is 6.74. The molecule has 0 bridgehead atoms. The van der Waals surface area contributed by atoms with Gasteiger partial charge in [0.05, 0.1) is 6.10 Å². The summed E-state index contributed by atoms with van der Waals surface area (Å²) in [4.78, 5) is 0. The van der Waals surface area contributed by atoms with Crippen molar-refractivity contribution in [2.75, 3.05) is 0 Å². The Bertz CT molecular complexity index is 179. The summed E-state index contributed by atoms with van der Waals surface area (Å²) in [6.45, 7) is 17.4. The Morgan fingerprint density at radius 3 is 2.14 bits per heavy atom. The van der Waals surface area contributed by atoms with E-state index in [1.54, 1.807) is 0 Å². The van der Waals surface area contributed by atoms with Gasteiger partial charge in [0.15, 0.2) is 8.32 Å². The average Bonchev–Trinajstić information content (AvgIpc) is 2.01. The van der Waals surface area contributed by atoms with Gasteiger partial charge in [-0.25, -0.2) is 0 Å². The van der Waals surface area contributed by atoms with E-state index in [4.69, 9.17) is 4.43 Å². The van der Waals surface area contributed by atoms with Crippen LogP contribution in [0.3, 0.4) is 0 Å². The van der Waals surface area contributed by atoms with E-state index < -0.39 is 8.32 Å². The van der Waals surface area contributed by atoms with Crippen molar-refractivity contribution >= 4 is 8.32 Å². The van der Waals surface area contributed by atoms with Crippen LogP contribution in [0.15, 0.2) is 12.7 Å². The molecule has 0 fully saturated rings. The zero-order chi connectivity index (χ0) is 11.4. The SMILES string of the molecule is C=C[C@H](CCC)O[Si](C)(C)C(C)(C)C. The third-order valence-electron chi connectivity index (χ3n) is 3.09. The number of hydrogen-bond acceptors (Lipinski definition) is 1. The molecule has 0 aromatic heterocycles. The Kier molecular flexibility index (Phi) is 5.10. The van der Waals surface area contributed by atoms with Crippen molar-refractivity contribution < 1.29 is 4.43 Å². The van der Waals surface area contributed by atoms with E-state index in [2.05, 4.69) is 47.4 Å². The lowest BCUT2D eigenvalue weighted by atomic mass is 10.2. The zero-order valence-electron chi connectivity index (χ0n) is 10.7. The van der Waals surface area contributed by atoms with Gasteiger partial charge in [0.1, 0.15) is 0 Å². The summed E-state index contributed by atoms with van der Waals surface area (Å²) in [7, 11) is -1.60. The van der Waals surface area contributed by atoms with Gasteiger partial charge in [-0.05, 0) is 24.6 Å². The molecule has 0 saturated carbocycles. The smallest absolute Gasteiger partial charge is 0.192 e. The lowest BCUT2D eigenvalue weighted by molar-refractivity contribution is 0.214. The van der Waals surface area contributed by atoms with Gasteiger partial charge in [0.25, 0.3) is 0 Å². The van der Waals surface area contributed by atoms with Crippen LogP contribution in [0.1, 0.15) is 40.5 Å². The van der Waals surface area contributed by atoms with E-state index in [1.165, 1.54) is 0 Å². The Labute approximate surface area is 90.7 Å². The fourth-order valence-corrected chi connectivity index (χ4v) is 2.39. The second-order valence-corrected chi connectivity index (χ2v) is 10.2. The summed E-state index contributed by atoms with van der Waals surface area (Å²) in [6.07, 6.45) is 4.45. The van der Waals surface area contributed by atoms with Gasteiger partial charge in [-0.3, -0.25) is 0 Å². The van der Waals surface area contributed by atoms with Gasteiger partial charge in [-0.2, -0.15) is 0 Å². The molecule has 0 aliphatic rings. The maximum absolute atomic E-state index is 6.21. The van der Waals surface area contributed by atoms with Crippen LogP contribution in [0.4, 0.5) is 0 Å². The second-order valence-electron chi connectivity index (χ2n) is 5.44. The van der Waals surface area contributed by atoms with Gasteiger partial charge in [0.2, 0.25) is 0 Å². The normalized spacial score (nSPS) is 15.3. The second kappa shape index (κ2) is 5.13. The van der Waals surface area contributed by atoms with E-state index in [9.17, 15) is 0 Å².